The molecule has 88 valence electrons. The second-order valence-electron chi connectivity index (χ2n) is 3.42. The van der Waals surface area contributed by atoms with Crippen LogP contribution < -0.4 is 10.5 Å². The average molecular weight is 223 g/mol. The number of benzene rings is 1. The van der Waals surface area contributed by atoms with Crippen molar-refractivity contribution in [2.45, 2.75) is 19.4 Å². The van der Waals surface area contributed by atoms with E-state index in [-0.39, 0.29) is 12.6 Å². The molecule has 0 saturated carbocycles. The predicted octanol–water partition coefficient (Wildman–Crippen LogP) is 1.65. The van der Waals surface area contributed by atoms with Crippen LogP contribution in [0, 0.1) is 0 Å². The quantitative estimate of drug-likeness (QED) is 0.771. The Labute approximate surface area is 95.3 Å². The molecule has 0 aliphatic heterocycles. The smallest absolute Gasteiger partial charge is 0.343 e. The Morgan fingerprint density at radius 2 is 2.12 bits per heavy atom. The molecule has 0 spiro atoms. The Kier molecular flexibility index (Phi) is 4.79. The van der Waals surface area contributed by atoms with Gasteiger partial charge in [-0.25, -0.2) is 4.79 Å². The summed E-state index contributed by atoms with van der Waals surface area (Å²) in [4.78, 5) is 11.0. The Balaban J connectivity index is 2.75. The molecule has 1 rings (SSSR count). The molecule has 0 saturated heterocycles. The summed E-state index contributed by atoms with van der Waals surface area (Å²) in [6.45, 7) is 1.91. The third-order valence-corrected chi connectivity index (χ3v) is 2.33. The van der Waals surface area contributed by atoms with Crippen molar-refractivity contribution in [3.8, 4) is 5.75 Å². The second kappa shape index (κ2) is 6.12. The van der Waals surface area contributed by atoms with E-state index in [1.807, 2.05) is 25.1 Å². The molecule has 0 amide bonds. The van der Waals surface area contributed by atoms with Crippen LogP contribution in [0.5, 0.6) is 5.75 Å². The highest BCUT2D eigenvalue weighted by Crippen LogP contribution is 2.25. The first-order valence-electron chi connectivity index (χ1n) is 5.23. The van der Waals surface area contributed by atoms with Crippen molar-refractivity contribution < 1.29 is 14.3 Å². The van der Waals surface area contributed by atoms with Crippen molar-refractivity contribution >= 4 is 5.97 Å². The van der Waals surface area contributed by atoms with E-state index >= 15 is 0 Å². The number of esters is 1. The molecule has 1 atom stereocenters. The van der Waals surface area contributed by atoms with Gasteiger partial charge in [-0.1, -0.05) is 25.1 Å². The summed E-state index contributed by atoms with van der Waals surface area (Å²) in [5, 5.41) is 0. The first kappa shape index (κ1) is 12.5. The molecular formula is C12H17NO3. The molecular weight excluding hydrogens is 206 g/mol. The number of ether oxygens (including phenoxy) is 2. The van der Waals surface area contributed by atoms with E-state index < -0.39 is 5.97 Å². The van der Waals surface area contributed by atoms with Gasteiger partial charge in [0.2, 0.25) is 0 Å². The lowest BCUT2D eigenvalue weighted by molar-refractivity contribution is -0.142. The standard InChI is InChI=1S/C12H17NO3/c1-3-10(13)9-6-4-5-7-11(9)16-8-12(14)15-2/h4-7,10H,3,8,13H2,1-2H3. The largest absolute Gasteiger partial charge is 0.482 e. The van der Waals surface area contributed by atoms with Crippen LogP contribution in [-0.2, 0) is 9.53 Å². The van der Waals surface area contributed by atoms with Gasteiger partial charge in [-0.3, -0.25) is 0 Å². The monoisotopic (exact) mass is 223 g/mol. The maximum atomic E-state index is 11.0. The molecule has 1 aromatic rings. The Bertz CT molecular complexity index is 352. The fourth-order valence-electron chi connectivity index (χ4n) is 1.33. The Morgan fingerprint density at radius 1 is 1.44 bits per heavy atom. The van der Waals surface area contributed by atoms with E-state index in [9.17, 15) is 4.79 Å². The van der Waals surface area contributed by atoms with E-state index in [4.69, 9.17) is 10.5 Å². The molecule has 0 aliphatic carbocycles. The highest BCUT2D eigenvalue weighted by atomic mass is 16.6. The van der Waals surface area contributed by atoms with Crippen molar-refractivity contribution in [3.05, 3.63) is 29.8 Å². The van der Waals surface area contributed by atoms with Gasteiger partial charge >= 0.3 is 5.97 Å². The number of rotatable bonds is 5. The zero-order chi connectivity index (χ0) is 12.0. The minimum absolute atomic E-state index is 0.0751. The highest BCUT2D eigenvalue weighted by Gasteiger charge is 2.11. The van der Waals surface area contributed by atoms with Gasteiger partial charge in [0.25, 0.3) is 0 Å². The van der Waals surface area contributed by atoms with Crippen molar-refractivity contribution in [1.82, 2.24) is 0 Å². The van der Waals surface area contributed by atoms with Gasteiger partial charge in [0.1, 0.15) is 5.75 Å². The van der Waals surface area contributed by atoms with Gasteiger partial charge in [-0.05, 0) is 12.5 Å². The lowest BCUT2D eigenvalue weighted by atomic mass is 10.0. The van der Waals surface area contributed by atoms with Crippen LogP contribution in [0.25, 0.3) is 0 Å². The topological polar surface area (TPSA) is 61.5 Å². The summed E-state index contributed by atoms with van der Waals surface area (Å²) < 4.78 is 9.86. The van der Waals surface area contributed by atoms with Crippen LogP contribution in [0.15, 0.2) is 24.3 Å². The van der Waals surface area contributed by atoms with Crippen LogP contribution in [-0.4, -0.2) is 19.7 Å². The summed E-state index contributed by atoms with van der Waals surface area (Å²) >= 11 is 0. The predicted molar refractivity (Wildman–Crippen MR) is 61.2 cm³/mol. The van der Waals surface area contributed by atoms with E-state index in [1.165, 1.54) is 7.11 Å². The van der Waals surface area contributed by atoms with Crippen LogP contribution in [0.3, 0.4) is 0 Å². The molecule has 4 nitrogen and oxygen atoms in total. The number of hydrogen-bond acceptors (Lipinski definition) is 4. The van der Waals surface area contributed by atoms with Crippen LogP contribution in [0.1, 0.15) is 24.9 Å². The molecule has 1 aromatic carbocycles. The lowest BCUT2D eigenvalue weighted by Crippen LogP contribution is -2.15. The van der Waals surface area contributed by atoms with Gasteiger partial charge < -0.3 is 15.2 Å². The van der Waals surface area contributed by atoms with Gasteiger partial charge in [0.05, 0.1) is 7.11 Å². The normalized spacial score (nSPS) is 11.9. The second-order valence-corrected chi connectivity index (χ2v) is 3.42. The number of carbonyl (C=O) groups excluding carboxylic acids is 1. The van der Waals surface area contributed by atoms with Gasteiger partial charge in [0, 0.05) is 11.6 Å². The molecule has 0 fully saturated rings. The minimum atomic E-state index is -0.403. The highest BCUT2D eigenvalue weighted by molar-refractivity contribution is 5.70. The van der Waals surface area contributed by atoms with Crippen LogP contribution >= 0.6 is 0 Å². The maximum Gasteiger partial charge on any atom is 0.343 e. The minimum Gasteiger partial charge on any atom is -0.482 e. The molecule has 16 heavy (non-hydrogen) atoms. The van der Waals surface area contributed by atoms with E-state index in [0.717, 1.165) is 12.0 Å². The van der Waals surface area contributed by atoms with Crippen molar-refractivity contribution in [1.29, 1.82) is 0 Å². The van der Waals surface area contributed by atoms with E-state index in [1.54, 1.807) is 6.07 Å². The first-order valence-corrected chi connectivity index (χ1v) is 5.23. The average Bonchev–Trinajstić information content (AvgIpc) is 2.35. The molecule has 0 radical (unpaired) electrons. The van der Waals surface area contributed by atoms with E-state index in [0.29, 0.717) is 5.75 Å². The summed E-state index contributed by atoms with van der Waals surface area (Å²) in [5.74, 6) is 0.238. The maximum absolute atomic E-state index is 11.0. The lowest BCUT2D eigenvalue weighted by Gasteiger charge is -2.14. The summed E-state index contributed by atoms with van der Waals surface area (Å²) in [6, 6.07) is 7.37. The van der Waals surface area contributed by atoms with Gasteiger partial charge in [-0.2, -0.15) is 0 Å². The third kappa shape index (κ3) is 3.24. The molecule has 0 aromatic heterocycles. The number of carbonyl (C=O) groups is 1. The summed E-state index contributed by atoms with van der Waals surface area (Å²) in [5.41, 5.74) is 6.85. The SMILES string of the molecule is CCC(N)c1ccccc1OCC(=O)OC. The van der Waals surface area contributed by atoms with Gasteiger partial charge in [0.15, 0.2) is 6.61 Å². The molecule has 2 N–H and O–H groups in total. The number of methoxy groups -OCH3 is 1. The Morgan fingerprint density at radius 3 is 2.75 bits per heavy atom. The van der Waals surface area contributed by atoms with E-state index in [2.05, 4.69) is 4.74 Å². The third-order valence-electron chi connectivity index (χ3n) is 2.33. The fraction of sp³-hybridized carbons (Fsp3) is 0.417. The van der Waals surface area contributed by atoms with Crippen molar-refractivity contribution in [2.75, 3.05) is 13.7 Å². The fourth-order valence-corrected chi connectivity index (χ4v) is 1.33. The number of nitrogens with two attached hydrogens (primary N) is 1. The molecule has 4 heteroatoms. The zero-order valence-corrected chi connectivity index (χ0v) is 9.60. The molecule has 0 aliphatic rings. The molecule has 0 bridgehead atoms. The van der Waals surface area contributed by atoms with Crippen LogP contribution in [0.2, 0.25) is 0 Å². The van der Waals surface area contributed by atoms with Crippen LogP contribution in [0.4, 0.5) is 0 Å². The summed E-state index contributed by atoms with van der Waals surface area (Å²) in [7, 11) is 1.33. The van der Waals surface area contributed by atoms with Crippen molar-refractivity contribution in [2.24, 2.45) is 5.73 Å². The van der Waals surface area contributed by atoms with Crippen molar-refractivity contribution in [3.63, 3.8) is 0 Å². The number of para-hydroxylation sites is 1. The first-order chi connectivity index (χ1) is 7.69. The summed E-state index contributed by atoms with van der Waals surface area (Å²) in [6.07, 6.45) is 0.818. The zero-order valence-electron chi connectivity index (χ0n) is 9.60. The molecule has 1 unspecified atom stereocenters. The Hall–Kier alpha value is -1.55. The molecule has 0 heterocycles. The number of hydrogen-bond donors (Lipinski definition) is 1. The van der Waals surface area contributed by atoms with Gasteiger partial charge in [-0.15, -0.1) is 0 Å².